The van der Waals surface area contributed by atoms with Gasteiger partial charge in [0.15, 0.2) is 0 Å². The van der Waals surface area contributed by atoms with Gasteiger partial charge in [0.25, 0.3) is 10.0 Å². The maximum Gasteiger partial charge on any atom is 0.252 e. The van der Waals surface area contributed by atoms with Crippen molar-refractivity contribution in [3.63, 3.8) is 0 Å². The molecule has 4 nitrogen and oxygen atoms in total. The van der Waals surface area contributed by atoms with Crippen molar-refractivity contribution in [1.82, 2.24) is 4.31 Å². The molecule has 1 aromatic heterocycles. The average Bonchev–Trinajstić information content (AvgIpc) is 2.88. The highest BCUT2D eigenvalue weighted by atomic mass is 35.5. The fraction of sp³-hybridized carbons (Fsp3) is 0.231. The molecule has 0 radical (unpaired) electrons. The van der Waals surface area contributed by atoms with Crippen LogP contribution < -0.4 is 5.73 Å². The van der Waals surface area contributed by atoms with E-state index in [-0.39, 0.29) is 6.54 Å². The van der Waals surface area contributed by atoms with E-state index in [9.17, 15) is 8.42 Å². The quantitative estimate of drug-likeness (QED) is 0.916. The monoisotopic (exact) mass is 330 g/mol. The van der Waals surface area contributed by atoms with E-state index < -0.39 is 10.0 Å². The molecule has 0 amide bonds. The molecular formula is C13H15ClN2O2S2. The molecule has 0 aliphatic heterocycles. The number of nitrogens with two attached hydrogens (primary N) is 1. The van der Waals surface area contributed by atoms with Gasteiger partial charge in [-0.3, -0.25) is 0 Å². The Hall–Kier alpha value is -0.920. The largest absolute Gasteiger partial charge is 0.326 e. The minimum atomic E-state index is -3.49. The summed E-state index contributed by atoms with van der Waals surface area (Å²) >= 11 is 7.09. The molecule has 0 atom stereocenters. The van der Waals surface area contributed by atoms with Crippen LogP contribution in [0.2, 0.25) is 5.02 Å². The van der Waals surface area contributed by atoms with Gasteiger partial charge in [0.1, 0.15) is 4.21 Å². The summed E-state index contributed by atoms with van der Waals surface area (Å²) in [5.74, 6) is 0. The molecule has 0 saturated carbocycles. The zero-order chi connectivity index (χ0) is 14.8. The van der Waals surface area contributed by atoms with E-state index in [1.54, 1.807) is 36.7 Å². The summed E-state index contributed by atoms with van der Waals surface area (Å²) < 4.78 is 26.4. The van der Waals surface area contributed by atoms with Gasteiger partial charge in [-0.2, -0.15) is 4.31 Å². The van der Waals surface area contributed by atoms with Crippen LogP contribution in [0.3, 0.4) is 0 Å². The topological polar surface area (TPSA) is 63.4 Å². The van der Waals surface area contributed by atoms with Crippen molar-refractivity contribution in [1.29, 1.82) is 0 Å². The first kappa shape index (κ1) is 15.5. The third kappa shape index (κ3) is 3.39. The Kier molecular flexibility index (Phi) is 4.82. The second kappa shape index (κ2) is 6.24. The standard InChI is InChI=1S/C13H15ClN2O2S2/c1-16(8-10-3-2-4-12(14)5-10)20(17,18)13-6-11(7-15)9-19-13/h2-6,9H,7-8,15H2,1H3. The Bertz CT molecular complexity index is 698. The summed E-state index contributed by atoms with van der Waals surface area (Å²) in [6.45, 7) is 0.614. The molecule has 0 spiro atoms. The zero-order valence-corrected chi connectivity index (χ0v) is 13.3. The first-order valence-corrected chi connectivity index (χ1v) is 8.61. The molecule has 0 aliphatic carbocycles. The second-order valence-corrected chi connectivity index (χ2v) is 7.99. The number of hydrogen-bond donors (Lipinski definition) is 1. The third-order valence-electron chi connectivity index (χ3n) is 2.82. The lowest BCUT2D eigenvalue weighted by Crippen LogP contribution is -2.25. The Morgan fingerprint density at radius 3 is 2.65 bits per heavy atom. The summed E-state index contributed by atoms with van der Waals surface area (Å²) in [7, 11) is -1.93. The molecule has 2 aromatic rings. The molecular weight excluding hydrogens is 316 g/mol. The van der Waals surface area contributed by atoms with Gasteiger partial charge >= 0.3 is 0 Å². The van der Waals surface area contributed by atoms with E-state index >= 15 is 0 Å². The van der Waals surface area contributed by atoms with Crippen LogP contribution >= 0.6 is 22.9 Å². The molecule has 0 saturated heterocycles. The van der Waals surface area contributed by atoms with Crippen LogP contribution in [0.15, 0.2) is 39.9 Å². The Morgan fingerprint density at radius 1 is 1.30 bits per heavy atom. The molecule has 1 heterocycles. The van der Waals surface area contributed by atoms with Gasteiger partial charge in [0.2, 0.25) is 0 Å². The third-order valence-corrected chi connectivity index (χ3v) is 6.33. The number of rotatable bonds is 5. The van der Waals surface area contributed by atoms with Crippen LogP contribution in [0.25, 0.3) is 0 Å². The molecule has 108 valence electrons. The first-order chi connectivity index (χ1) is 9.43. The summed E-state index contributed by atoms with van der Waals surface area (Å²) in [4.78, 5) is 0. The lowest BCUT2D eigenvalue weighted by atomic mass is 10.2. The minimum Gasteiger partial charge on any atom is -0.326 e. The van der Waals surface area contributed by atoms with Gasteiger partial charge in [-0.1, -0.05) is 23.7 Å². The van der Waals surface area contributed by atoms with Crippen LogP contribution in [0.4, 0.5) is 0 Å². The lowest BCUT2D eigenvalue weighted by Gasteiger charge is -2.16. The first-order valence-electron chi connectivity index (χ1n) is 5.92. The average molecular weight is 331 g/mol. The number of thiophene rings is 1. The normalized spacial score (nSPS) is 12.0. The second-order valence-electron chi connectivity index (χ2n) is 4.37. The number of halogens is 1. The highest BCUT2D eigenvalue weighted by Crippen LogP contribution is 2.24. The molecule has 0 unspecified atom stereocenters. The lowest BCUT2D eigenvalue weighted by molar-refractivity contribution is 0.468. The van der Waals surface area contributed by atoms with Crippen LogP contribution in [0.5, 0.6) is 0 Å². The van der Waals surface area contributed by atoms with Crippen molar-refractivity contribution in [3.8, 4) is 0 Å². The van der Waals surface area contributed by atoms with Gasteiger partial charge < -0.3 is 5.73 Å². The van der Waals surface area contributed by atoms with Crippen LogP contribution in [0, 0.1) is 0 Å². The Morgan fingerprint density at radius 2 is 2.05 bits per heavy atom. The van der Waals surface area contributed by atoms with Crippen LogP contribution in [-0.2, 0) is 23.1 Å². The maximum absolute atomic E-state index is 12.4. The number of hydrogen-bond acceptors (Lipinski definition) is 4. The number of benzene rings is 1. The SMILES string of the molecule is CN(Cc1cccc(Cl)c1)S(=O)(=O)c1cc(CN)cs1. The van der Waals surface area contributed by atoms with E-state index in [1.807, 2.05) is 6.07 Å². The van der Waals surface area contributed by atoms with Crippen molar-refractivity contribution in [2.45, 2.75) is 17.3 Å². The number of sulfonamides is 1. The fourth-order valence-corrected chi connectivity index (χ4v) is 4.53. The van der Waals surface area contributed by atoms with Crippen molar-refractivity contribution < 1.29 is 8.42 Å². The highest BCUT2D eigenvalue weighted by molar-refractivity contribution is 7.91. The van der Waals surface area contributed by atoms with Gasteiger partial charge in [-0.25, -0.2) is 8.42 Å². The van der Waals surface area contributed by atoms with E-state index in [2.05, 4.69) is 0 Å². The molecule has 2 rings (SSSR count). The highest BCUT2D eigenvalue weighted by Gasteiger charge is 2.22. The Balaban J connectivity index is 2.21. The smallest absolute Gasteiger partial charge is 0.252 e. The van der Waals surface area contributed by atoms with Gasteiger partial charge in [-0.15, -0.1) is 11.3 Å². The molecule has 0 fully saturated rings. The predicted octanol–water partition coefficient (Wildman–Crippen LogP) is 2.68. The van der Waals surface area contributed by atoms with E-state index in [1.165, 1.54) is 15.6 Å². The van der Waals surface area contributed by atoms with Crippen molar-refractivity contribution in [3.05, 3.63) is 51.9 Å². The van der Waals surface area contributed by atoms with Crippen molar-refractivity contribution in [2.24, 2.45) is 5.73 Å². The van der Waals surface area contributed by atoms with Crippen molar-refractivity contribution >= 4 is 33.0 Å². The van der Waals surface area contributed by atoms with Crippen LogP contribution in [-0.4, -0.2) is 19.8 Å². The molecule has 7 heteroatoms. The molecule has 0 aliphatic rings. The zero-order valence-electron chi connectivity index (χ0n) is 10.9. The maximum atomic E-state index is 12.4. The summed E-state index contributed by atoms with van der Waals surface area (Å²) in [6, 6.07) is 8.78. The van der Waals surface area contributed by atoms with Gasteiger partial charge in [-0.05, 0) is 34.7 Å². The van der Waals surface area contributed by atoms with E-state index in [0.717, 1.165) is 11.1 Å². The van der Waals surface area contributed by atoms with Gasteiger partial charge in [0.05, 0.1) is 0 Å². The summed E-state index contributed by atoms with van der Waals surface area (Å²) in [6.07, 6.45) is 0. The fourth-order valence-electron chi connectivity index (χ4n) is 1.73. The minimum absolute atomic E-state index is 0.277. The molecule has 1 aromatic carbocycles. The van der Waals surface area contributed by atoms with E-state index in [0.29, 0.717) is 15.8 Å². The summed E-state index contributed by atoms with van der Waals surface area (Å²) in [5, 5.41) is 2.36. The van der Waals surface area contributed by atoms with Crippen LogP contribution in [0.1, 0.15) is 11.1 Å². The molecule has 0 bridgehead atoms. The molecule has 20 heavy (non-hydrogen) atoms. The Labute approximate surface area is 127 Å². The summed E-state index contributed by atoms with van der Waals surface area (Å²) in [5.41, 5.74) is 7.18. The van der Waals surface area contributed by atoms with Crippen molar-refractivity contribution in [2.75, 3.05) is 7.05 Å². The molecule has 2 N–H and O–H groups in total. The number of nitrogens with zero attached hydrogens (tertiary/aromatic N) is 1. The predicted molar refractivity (Wildman–Crippen MR) is 82.3 cm³/mol. The van der Waals surface area contributed by atoms with E-state index in [4.69, 9.17) is 17.3 Å². The van der Waals surface area contributed by atoms with Gasteiger partial charge in [0, 0.05) is 25.2 Å².